The van der Waals surface area contributed by atoms with Crippen LogP contribution in [0.4, 0.5) is 8.78 Å². The van der Waals surface area contributed by atoms with Crippen LogP contribution < -0.4 is 0 Å². The third-order valence-electron chi connectivity index (χ3n) is 1.07. The highest BCUT2D eigenvalue weighted by Crippen LogP contribution is 2.23. The molecule has 0 saturated carbocycles. The fourth-order valence-corrected chi connectivity index (χ4v) is 1.05. The minimum Gasteiger partial charge on any atom is -0.254 e. The summed E-state index contributed by atoms with van der Waals surface area (Å²) in [6.45, 7) is 0. The van der Waals surface area contributed by atoms with Gasteiger partial charge in [-0.2, -0.15) is 0 Å². The fraction of sp³-hybridized carbons (Fsp3) is 0.167. The van der Waals surface area contributed by atoms with Gasteiger partial charge >= 0.3 is 0 Å². The summed E-state index contributed by atoms with van der Waals surface area (Å²) in [6.07, 6.45) is -1.19. The molecule has 0 aromatic carbocycles. The molecular weight excluding hydrogens is 192 g/mol. The van der Waals surface area contributed by atoms with Crippen LogP contribution >= 0.6 is 21.7 Å². The predicted molar refractivity (Wildman–Crippen MR) is 40.9 cm³/mol. The molecule has 1 aromatic heterocycles. The van der Waals surface area contributed by atoms with E-state index >= 15 is 0 Å². The summed E-state index contributed by atoms with van der Waals surface area (Å²) in [4.78, 5) is 4.16. The van der Waals surface area contributed by atoms with Crippen LogP contribution in [0.25, 0.3) is 0 Å². The molecule has 0 aliphatic heterocycles. The normalized spacial score (nSPS) is 10.5. The molecule has 0 fully saturated rings. The molecular formula is C6H4ClF2NS. The first kappa shape index (κ1) is 8.74. The Labute approximate surface area is 71.3 Å². The summed E-state index contributed by atoms with van der Waals surface area (Å²) in [5, 5.41) is 0. The maximum Gasteiger partial charge on any atom is 0.280 e. The van der Waals surface area contributed by atoms with Crippen molar-refractivity contribution in [2.75, 3.05) is 0 Å². The average Bonchev–Trinajstić information content (AvgIpc) is 2.05. The molecule has 0 bridgehead atoms. The highest BCUT2D eigenvalue weighted by atomic mass is 35.7. The standard InChI is InChI=1S/C6H4ClF2NS/c7-11-4-1-2-5(6(8)9)10-3-4/h1-3,6H. The molecule has 5 heteroatoms. The number of pyridine rings is 1. The SMILES string of the molecule is FC(F)c1ccc(SCl)cn1. The second-order valence-electron chi connectivity index (χ2n) is 1.80. The summed E-state index contributed by atoms with van der Waals surface area (Å²) < 4.78 is 23.8. The fourth-order valence-electron chi connectivity index (χ4n) is 0.566. The van der Waals surface area contributed by atoms with Crippen molar-refractivity contribution in [1.82, 2.24) is 4.98 Å². The first-order chi connectivity index (χ1) is 5.24. The summed E-state index contributed by atoms with van der Waals surface area (Å²) in [5.74, 6) is 0. The largest absolute Gasteiger partial charge is 0.280 e. The van der Waals surface area contributed by atoms with E-state index in [0.29, 0.717) is 4.90 Å². The Balaban J connectivity index is 2.83. The average molecular weight is 196 g/mol. The highest BCUT2D eigenvalue weighted by molar-refractivity contribution is 8.21. The molecule has 11 heavy (non-hydrogen) atoms. The number of alkyl halides is 2. The zero-order valence-corrected chi connectivity index (χ0v) is 6.87. The van der Waals surface area contributed by atoms with E-state index < -0.39 is 6.43 Å². The molecule has 60 valence electrons. The van der Waals surface area contributed by atoms with Crippen LogP contribution in [0.3, 0.4) is 0 Å². The molecule has 1 aromatic rings. The molecule has 0 saturated heterocycles. The zero-order valence-electron chi connectivity index (χ0n) is 5.30. The van der Waals surface area contributed by atoms with Gasteiger partial charge in [0.05, 0.1) is 0 Å². The lowest BCUT2D eigenvalue weighted by molar-refractivity contribution is 0.146. The Bertz CT molecular complexity index is 227. The molecule has 0 aliphatic rings. The highest BCUT2D eigenvalue weighted by Gasteiger charge is 2.06. The van der Waals surface area contributed by atoms with Crippen molar-refractivity contribution in [1.29, 1.82) is 0 Å². The maximum absolute atomic E-state index is 11.9. The van der Waals surface area contributed by atoms with E-state index in [1.807, 2.05) is 0 Å². The lowest BCUT2D eigenvalue weighted by Gasteiger charge is -1.97. The van der Waals surface area contributed by atoms with E-state index in [-0.39, 0.29) is 5.69 Å². The summed E-state index contributed by atoms with van der Waals surface area (Å²) >= 11 is 0. The molecule has 1 rings (SSSR count). The second kappa shape index (κ2) is 3.88. The van der Waals surface area contributed by atoms with Crippen molar-refractivity contribution in [2.45, 2.75) is 11.3 Å². The summed E-state index contributed by atoms with van der Waals surface area (Å²) in [6, 6.07) is 2.77. The van der Waals surface area contributed by atoms with Crippen LogP contribution in [0.1, 0.15) is 12.1 Å². The number of hydrogen-bond acceptors (Lipinski definition) is 2. The third kappa shape index (κ3) is 2.31. The van der Waals surface area contributed by atoms with Crippen LogP contribution in [-0.4, -0.2) is 4.98 Å². The van der Waals surface area contributed by atoms with Crippen molar-refractivity contribution in [3.63, 3.8) is 0 Å². The van der Waals surface area contributed by atoms with Crippen LogP contribution in [0.5, 0.6) is 0 Å². The minimum atomic E-state index is -2.51. The number of rotatable bonds is 2. The van der Waals surface area contributed by atoms with Gasteiger partial charge in [0.15, 0.2) is 0 Å². The van der Waals surface area contributed by atoms with Gasteiger partial charge in [0.2, 0.25) is 0 Å². The van der Waals surface area contributed by atoms with E-state index in [4.69, 9.17) is 10.7 Å². The van der Waals surface area contributed by atoms with E-state index in [1.165, 1.54) is 18.3 Å². The number of nitrogens with zero attached hydrogens (tertiary/aromatic N) is 1. The quantitative estimate of drug-likeness (QED) is 0.719. The van der Waals surface area contributed by atoms with Gasteiger partial charge < -0.3 is 0 Å². The Hall–Kier alpha value is -0.350. The molecule has 1 heterocycles. The second-order valence-corrected chi connectivity index (χ2v) is 2.89. The van der Waals surface area contributed by atoms with Crippen LogP contribution in [0, 0.1) is 0 Å². The van der Waals surface area contributed by atoms with Gasteiger partial charge in [0.25, 0.3) is 6.43 Å². The van der Waals surface area contributed by atoms with Gasteiger partial charge in [0, 0.05) is 11.1 Å². The van der Waals surface area contributed by atoms with Crippen molar-refractivity contribution in [2.24, 2.45) is 0 Å². The Morgan fingerprint density at radius 3 is 2.55 bits per heavy atom. The smallest absolute Gasteiger partial charge is 0.254 e. The molecule has 0 N–H and O–H groups in total. The molecule has 0 atom stereocenters. The summed E-state index contributed by atoms with van der Waals surface area (Å²) in [5.41, 5.74) is -0.223. The van der Waals surface area contributed by atoms with Gasteiger partial charge in [-0.25, -0.2) is 8.78 Å². The van der Waals surface area contributed by atoms with Crippen molar-refractivity contribution in [3.8, 4) is 0 Å². The van der Waals surface area contributed by atoms with Crippen molar-refractivity contribution >= 4 is 21.7 Å². The monoisotopic (exact) mass is 195 g/mol. The van der Waals surface area contributed by atoms with E-state index in [9.17, 15) is 8.78 Å². The van der Waals surface area contributed by atoms with Crippen molar-refractivity contribution < 1.29 is 8.78 Å². The number of halogens is 3. The van der Waals surface area contributed by atoms with Crippen molar-refractivity contribution in [3.05, 3.63) is 24.0 Å². The van der Waals surface area contributed by atoms with Crippen LogP contribution in [0.15, 0.2) is 23.2 Å². The number of aromatic nitrogens is 1. The molecule has 0 spiro atoms. The van der Waals surface area contributed by atoms with Gasteiger partial charge in [-0.05, 0) is 33.8 Å². The molecule has 1 nitrogen and oxygen atoms in total. The zero-order chi connectivity index (χ0) is 8.27. The Kier molecular flexibility index (Phi) is 3.08. The molecule has 0 unspecified atom stereocenters. The lowest BCUT2D eigenvalue weighted by Crippen LogP contribution is -1.87. The summed E-state index contributed by atoms with van der Waals surface area (Å²) in [7, 11) is 6.30. The van der Waals surface area contributed by atoms with Crippen LogP contribution in [-0.2, 0) is 0 Å². The van der Waals surface area contributed by atoms with Gasteiger partial charge in [-0.3, -0.25) is 4.98 Å². The Morgan fingerprint density at radius 1 is 1.45 bits per heavy atom. The molecule has 0 aliphatic carbocycles. The van der Waals surface area contributed by atoms with Gasteiger partial charge in [0.1, 0.15) is 5.69 Å². The topological polar surface area (TPSA) is 12.9 Å². The van der Waals surface area contributed by atoms with Crippen LogP contribution in [0.2, 0.25) is 0 Å². The van der Waals surface area contributed by atoms with Gasteiger partial charge in [-0.1, -0.05) is 0 Å². The Morgan fingerprint density at radius 2 is 2.18 bits per heavy atom. The minimum absolute atomic E-state index is 0.223. The van der Waals surface area contributed by atoms with Gasteiger partial charge in [-0.15, -0.1) is 0 Å². The lowest BCUT2D eigenvalue weighted by atomic mass is 10.4. The number of hydrogen-bond donors (Lipinski definition) is 0. The third-order valence-corrected chi connectivity index (χ3v) is 2.03. The van der Waals surface area contributed by atoms with E-state index in [1.54, 1.807) is 0 Å². The molecule has 0 radical (unpaired) electrons. The maximum atomic E-state index is 11.9. The first-order valence-electron chi connectivity index (χ1n) is 2.76. The first-order valence-corrected chi connectivity index (χ1v) is 4.41. The molecule has 0 amide bonds. The predicted octanol–water partition coefficient (Wildman–Crippen LogP) is 3.27. The van der Waals surface area contributed by atoms with E-state index in [0.717, 1.165) is 11.0 Å². The van der Waals surface area contributed by atoms with E-state index in [2.05, 4.69) is 4.98 Å².